The topological polar surface area (TPSA) is 42.2 Å². The van der Waals surface area contributed by atoms with Crippen molar-refractivity contribution in [2.24, 2.45) is 0 Å². The molecule has 0 aliphatic carbocycles. The van der Waals surface area contributed by atoms with Gasteiger partial charge < -0.3 is 9.73 Å². The standard InChI is InChI=1S/C13H14ClNO2/c1-9(16)15-7-2-3-10-4-5-12(14)13-11(10)6-8-17-13/h4-6,8H,2-3,7H2,1H3,(H,15,16). The highest BCUT2D eigenvalue weighted by atomic mass is 35.5. The number of hydrogen-bond donors (Lipinski definition) is 1. The van der Waals surface area contributed by atoms with Crippen molar-refractivity contribution in [3.8, 4) is 0 Å². The van der Waals surface area contributed by atoms with Crippen LogP contribution in [-0.4, -0.2) is 12.5 Å². The maximum Gasteiger partial charge on any atom is 0.216 e. The van der Waals surface area contributed by atoms with Crippen LogP contribution < -0.4 is 5.32 Å². The number of halogens is 1. The maximum absolute atomic E-state index is 10.7. The van der Waals surface area contributed by atoms with Crippen LogP contribution in [-0.2, 0) is 11.2 Å². The van der Waals surface area contributed by atoms with E-state index in [1.807, 2.05) is 18.2 Å². The Kier molecular flexibility index (Phi) is 3.69. The first-order valence-corrected chi connectivity index (χ1v) is 5.95. The number of carbonyl (C=O) groups is 1. The molecule has 0 spiro atoms. The molecule has 4 heteroatoms. The Morgan fingerprint density at radius 2 is 2.24 bits per heavy atom. The zero-order chi connectivity index (χ0) is 12.3. The fourth-order valence-electron chi connectivity index (χ4n) is 1.85. The first-order chi connectivity index (χ1) is 8.18. The number of hydrogen-bond acceptors (Lipinski definition) is 2. The van der Waals surface area contributed by atoms with Gasteiger partial charge in [0, 0.05) is 18.9 Å². The molecule has 2 aromatic rings. The molecule has 2 rings (SSSR count). The van der Waals surface area contributed by atoms with E-state index >= 15 is 0 Å². The van der Waals surface area contributed by atoms with E-state index in [0.29, 0.717) is 11.6 Å². The van der Waals surface area contributed by atoms with E-state index in [9.17, 15) is 4.79 Å². The van der Waals surface area contributed by atoms with Crippen molar-refractivity contribution in [2.45, 2.75) is 19.8 Å². The van der Waals surface area contributed by atoms with Gasteiger partial charge >= 0.3 is 0 Å². The molecule has 0 atom stereocenters. The molecular formula is C13H14ClNO2. The van der Waals surface area contributed by atoms with E-state index in [-0.39, 0.29) is 5.91 Å². The number of carbonyl (C=O) groups excluding carboxylic acids is 1. The highest BCUT2D eigenvalue weighted by Gasteiger charge is 2.07. The smallest absolute Gasteiger partial charge is 0.216 e. The van der Waals surface area contributed by atoms with Gasteiger partial charge in [-0.15, -0.1) is 0 Å². The predicted molar refractivity (Wildman–Crippen MR) is 68.2 cm³/mol. The van der Waals surface area contributed by atoms with Crippen molar-refractivity contribution >= 4 is 28.5 Å². The Balaban J connectivity index is 2.06. The molecule has 1 heterocycles. The second-order valence-corrected chi connectivity index (χ2v) is 4.36. The zero-order valence-electron chi connectivity index (χ0n) is 9.63. The molecule has 17 heavy (non-hydrogen) atoms. The number of amides is 1. The van der Waals surface area contributed by atoms with Gasteiger partial charge in [-0.25, -0.2) is 0 Å². The lowest BCUT2D eigenvalue weighted by Crippen LogP contribution is -2.21. The Morgan fingerprint density at radius 3 is 3.00 bits per heavy atom. The summed E-state index contributed by atoms with van der Waals surface area (Å²) in [6.45, 7) is 2.22. The molecule has 0 aliphatic rings. The number of nitrogens with one attached hydrogen (secondary N) is 1. The van der Waals surface area contributed by atoms with Crippen LogP contribution in [0.25, 0.3) is 11.0 Å². The van der Waals surface area contributed by atoms with E-state index in [4.69, 9.17) is 16.0 Å². The molecule has 0 aliphatic heterocycles. The summed E-state index contributed by atoms with van der Waals surface area (Å²) in [7, 11) is 0. The molecular weight excluding hydrogens is 238 g/mol. The number of aryl methyl sites for hydroxylation is 1. The minimum atomic E-state index is 0.00886. The number of benzene rings is 1. The van der Waals surface area contributed by atoms with Crippen LogP contribution in [0.3, 0.4) is 0 Å². The second-order valence-electron chi connectivity index (χ2n) is 3.96. The molecule has 1 aromatic carbocycles. The lowest BCUT2D eigenvalue weighted by atomic mass is 10.1. The quantitative estimate of drug-likeness (QED) is 0.849. The van der Waals surface area contributed by atoms with Gasteiger partial charge in [0.1, 0.15) is 0 Å². The number of furan rings is 1. The zero-order valence-corrected chi connectivity index (χ0v) is 10.4. The lowest BCUT2D eigenvalue weighted by molar-refractivity contribution is -0.118. The van der Waals surface area contributed by atoms with Gasteiger partial charge in [-0.3, -0.25) is 4.79 Å². The largest absolute Gasteiger partial charge is 0.463 e. The van der Waals surface area contributed by atoms with Crippen molar-refractivity contribution in [3.05, 3.63) is 35.0 Å². The van der Waals surface area contributed by atoms with Crippen molar-refractivity contribution in [1.82, 2.24) is 5.32 Å². The minimum Gasteiger partial charge on any atom is -0.463 e. The van der Waals surface area contributed by atoms with E-state index in [0.717, 1.165) is 23.8 Å². The molecule has 0 bridgehead atoms. The molecule has 0 saturated heterocycles. The Hall–Kier alpha value is -1.48. The average Bonchev–Trinajstić information content (AvgIpc) is 2.76. The fourth-order valence-corrected chi connectivity index (χ4v) is 2.06. The summed E-state index contributed by atoms with van der Waals surface area (Å²) in [5, 5.41) is 4.47. The van der Waals surface area contributed by atoms with E-state index < -0.39 is 0 Å². The highest BCUT2D eigenvalue weighted by Crippen LogP contribution is 2.28. The normalized spacial score (nSPS) is 10.7. The Morgan fingerprint density at radius 1 is 1.41 bits per heavy atom. The summed E-state index contributed by atoms with van der Waals surface area (Å²) >= 11 is 6.02. The van der Waals surface area contributed by atoms with E-state index in [2.05, 4.69) is 5.32 Å². The van der Waals surface area contributed by atoms with Gasteiger partial charge in [-0.2, -0.15) is 0 Å². The molecule has 1 aromatic heterocycles. The summed E-state index contributed by atoms with van der Waals surface area (Å²) in [5.41, 5.74) is 1.94. The number of fused-ring (bicyclic) bond motifs is 1. The third-order valence-electron chi connectivity index (χ3n) is 2.66. The van der Waals surface area contributed by atoms with Crippen LogP contribution in [0.15, 0.2) is 28.9 Å². The molecule has 0 saturated carbocycles. The van der Waals surface area contributed by atoms with Crippen molar-refractivity contribution in [2.75, 3.05) is 6.54 Å². The van der Waals surface area contributed by atoms with Crippen molar-refractivity contribution in [1.29, 1.82) is 0 Å². The van der Waals surface area contributed by atoms with Crippen LogP contribution in [0.1, 0.15) is 18.9 Å². The molecule has 1 amide bonds. The van der Waals surface area contributed by atoms with Crippen LogP contribution >= 0.6 is 11.6 Å². The Labute approximate surface area is 105 Å². The lowest BCUT2D eigenvalue weighted by Gasteiger charge is -2.04. The third kappa shape index (κ3) is 2.80. The maximum atomic E-state index is 10.7. The van der Waals surface area contributed by atoms with Gasteiger partial charge in [0.05, 0.1) is 11.3 Å². The van der Waals surface area contributed by atoms with Crippen LogP contribution in [0.4, 0.5) is 0 Å². The first kappa shape index (κ1) is 12.0. The SMILES string of the molecule is CC(=O)NCCCc1ccc(Cl)c2occc12. The number of rotatable bonds is 4. The van der Waals surface area contributed by atoms with Crippen LogP contribution in [0.5, 0.6) is 0 Å². The van der Waals surface area contributed by atoms with E-state index in [1.54, 1.807) is 6.26 Å². The van der Waals surface area contributed by atoms with Gasteiger partial charge in [0.25, 0.3) is 0 Å². The van der Waals surface area contributed by atoms with Gasteiger partial charge in [-0.1, -0.05) is 17.7 Å². The highest BCUT2D eigenvalue weighted by molar-refractivity contribution is 6.34. The Bertz CT molecular complexity index is 533. The first-order valence-electron chi connectivity index (χ1n) is 5.57. The van der Waals surface area contributed by atoms with E-state index in [1.165, 1.54) is 12.5 Å². The monoisotopic (exact) mass is 251 g/mol. The van der Waals surface area contributed by atoms with Crippen molar-refractivity contribution < 1.29 is 9.21 Å². The van der Waals surface area contributed by atoms with Gasteiger partial charge in [-0.05, 0) is 30.5 Å². The average molecular weight is 252 g/mol. The second kappa shape index (κ2) is 5.23. The minimum absolute atomic E-state index is 0.00886. The predicted octanol–water partition coefficient (Wildman–Crippen LogP) is 3.15. The third-order valence-corrected chi connectivity index (χ3v) is 2.95. The molecule has 0 fully saturated rings. The fraction of sp³-hybridized carbons (Fsp3) is 0.308. The summed E-state index contributed by atoms with van der Waals surface area (Å²) < 4.78 is 5.33. The molecule has 0 radical (unpaired) electrons. The summed E-state index contributed by atoms with van der Waals surface area (Å²) in [6.07, 6.45) is 3.45. The molecule has 0 unspecified atom stereocenters. The van der Waals surface area contributed by atoms with Crippen LogP contribution in [0.2, 0.25) is 5.02 Å². The van der Waals surface area contributed by atoms with Crippen molar-refractivity contribution in [3.63, 3.8) is 0 Å². The molecule has 90 valence electrons. The van der Waals surface area contributed by atoms with Gasteiger partial charge in [0.15, 0.2) is 5.58 Å². The summed E-state index contributed by atoms with van der Waals surface area (Å²) in [5.74, 6) is 0.00886. The molecule has 1 N–H and O–H groups in total. The van der Waals surface area contributed by atoms with Gasteiger partial charge in [0.2, 0.25) is 5.91 Å². The summed E-state index contributed by atoms with van der Waals surface area (Å²) in [6, 6.07) is 5.78. The van der Waals surface area contributed by atoms with Crippen LogP contribution in [0, 0.1) is 0 Å². The molecule has 3 nitrogen and oxygen atoms in total. The summed E-state index contributed by atoms with van der Waals surface area (Å²) in [4.78, 5) is 10.7.